The monoisotopic (exact) mass is 431 g/mol. The molecule has 2 heterocycles. The quantitative estimate of drug-likeness (QED) is 0.397. The second-order valence-electron chi connectivity index (χ2n) is 7.61. The highest BCUT2D eigenvalue weighted by Crippen LogP contribution is 2.24. The molecular formula is C25H25N3O4. The fraction of sp³-hybridized carbons (Fsp3) is 0.200. The van der Waals surface area contributed by atoms with E-state index in [9.17, 15) is 4.79 Å². The lowest BCUT2D eigenvalue weighted by Gasteiger charge is -2.21. The molecule has 7 nitrogen and oxygen atoms in total. The predicted molar refractivity (Wildman–Crippen MR) is 122 cm³/mol. The second-order valence-corrected chi connectivity index (χ2v) is 7.61. The number of anilines is 1. The van der Waals surface area contributed by atoms with Crippen molar-refractivity contribution in [1.82, 2.24) is 10.1 Å². The molecule has 4 rings (SSSR count). The molecule has 0 saturated carbocycles. The molecular weight excluding hydrogens is 406 g/mol. The molecule has 0 atom stereocenters. The van der Waals surface area contributed by atoms with Crippen LogP contribution in [0.3, 0.4) is 0 Å². The molecule has 0 N–H and O–H groups in total. The molecule has 0 aliphatic rings. The first-order valence-electron chi connectivity index (χ1n) is 10.2. The molecule has 0 aliphatic heterocycles. The van der Waals surface area contributed by atoms with Gasteiger partial charge in [-0.25, -0.2) is 0 Å². The summed E-state index contributed by atoms with van der Waals surface area (Å²) in [5.41, 5.74) is 3.16. The molecule has 0 bridgehead atoms. The molecule has 0 saturated heterocycles. The number of furan rings is 1. The van der Waals surface area contributed by atoms with E-state index in [-0.39, 0.29) is 11.6 Å². The number of hydrogen-bond acceptors (Lipinski definition) is 6. The van der Waals surface area contributed by atoms with Crippen LogP contribution >= 0.6 is 0 Å². The van der Waals surface area contributed by atoms with Crippen LogP contribution in [-0.2, 0) is 13.1 Å². The Balaban J connectivity index is 1.56. The van der Waals surface area contributed by atoms with Crippen molar-refractivity contribution in [2.45, 2.75) is 13.1 Å². The third kappa shape index (κ3) is 4.83. The number of carbonyl (C=O) groups is 1. The highest BCUT2D eigenvalue weighted by atomic mass is 16.5. The smallest absolute Gasteiger partial charge is 0.276 e. The van der Waals surface area contributed by atoms with Gasteiger partial charge in [-0.1, -0.05) is 17.3 Å². The van der Waals surface area contributed by atoms with Gasteiger partial charge in [0.1, 0.15) is 11.5 Å². The first-order chi connectivity index (χ1) is 15.5. The van der Waals surface area contributed by atoms with E-state index >= 15 is 0 Å². The summed E-state index contributed by atoms with van der Waals surface area (Å²) >= 11 is 0. The summed E-state index contributed by atoms with van der Waals surface area (Å²) in [6.07, 6.45) is 1.60. The minimum absolute atomic E-state index is 0.235. The van der Waals surface area contributed by atoms with Gasteiger partial charge in [-0.3, -0.25) is 4.79 Å². The summed E-state index contributed by atoms with van der Waals surface area (Å²) in [7, 11) is 5.60. The molecule has 2 aromatic heterocycles. The highest BCUT2D eigenvalue weighted by Gasteiger charge is 2.22. The first-order valence-corrected chi connectivity index (χ1v) is 10.2. The molecule has 0 spiro atoms. The topological polar surface area (TPSA) is 72.0 Å². The molecule has 32 heavy (non-hydrogen) atoms. The number of aromatic nitrogens is 1. The van der Waals surface area contributed by atoms with Gasteiger partial charge in [-0.2, -0.15) is 0 Å². The molecule has 2 aromatic carbocycles. The van der Waals surface area contributed by atoms with Crippen LogP contribution < -0.4 is 9.64 Å². The zero-order valence-corrected chi connectivity index (χ0v) is 18.3. The Morgan fingerprint density at radius 2 is 1.75 bits per heavy atom. The van der Waals surface area contributed by atoms with Crippen LogP contribution in [0.25, 0.3) is 11.3 Å². The summed E-state index contributed by atoms with van der Waals surface area (Å²) in [4.78, 5) is 17.1. The van der Waals surface area contributed by atoms with Crippen LogP contribution in [0.2, 0.25) is 0 Å². The lowest BCUT2D eigenvalue weighted by Crippen LogP contribution is -2.30. The van der Waals surface area contributed by atoms with Crippen LogP contribution in [0.4, 0.5) is 5.69 Å². The third-order valence-corrected chi connectivity index (χ3v) is 5.14. The number of nitrogens with zero attached hydrogens (tertiary/aromatic N) is 3. The van der Waals surface area contributed by atoms with Gasteiger partial charge in [-0.15, -0.1) is 0 Å². The van der Waals surface area contributed by atoms with E-state index in [0.29, 0.717) is 24.6 Å². The van der Waals surface area contributed by atoms with Gasteiger partial charge in [-0.05, 0) is 54.1 Å². The lowest BCUT2D eigenvalue weighted by atomic mass is 10.1. The number of hydrogen-bond donors (Lipinski definition) is 0. The number of benzene rings is 2. The van der Waals surface area contributed by atoms with E-state index in [1.165, 1.54) is 0 Å². The van der Waals surface area contributed by atoms with E-state index in [1.54, 1.807) is 24.3 Å². The van der Waals surface area contributed by atoms with Gasteiger partial charge >= 0.3 is 0 Å². The third-order valence-electron chi connectivity index (χ3n) is 5.14. The minimum atomic E-state index is -0.235. The van der Waals surface area contributed by atoms with E-state index in [4.69, 9.17) is 13.7 Å². The van der Waals surface area contributed by atoms with Crippen LogP contribution in [-0.4, -0.2) is 37.2 Å². The van der Waals surface area contributed by atoms with Gasteiger partial charge in [0.15, 0.2) is 11.5 Å². The van der Waals surface area contributed by atoms with Crippen molar-refractivity contribution in [3.05, 3.63) is 90.0 Å². The molecule has 7 heteroatoms. The Morgan fingerprint density at radius 3 is 2.38 bits per heavy atom. The zero-order chi connectivity index (χ0) is 22.5. The summed E-state index contributed by atoms with van der Waals surface area (Å²) in [6, 6.07) is 20.8. The van der Waals surface area contributed by atoms with E-state index in [2.05, 4.69) is 5.16 Å². The van der Waals surface area contributed by atoms with Gasteiger partial charge in [0.2, 0.25) is 0 Å². The zero-order valence-electron chi connectivity index (χ0n) is 18.3. The van der Waals surface area contributed by atoms with Crippen LogP contribution in [0, 0.1) is 0 Å². The van der Waals surface area contributed by atoms with E-state index < -0.39 is 0 Å². The summed E-state index contributed by atoms with van der Waals surface area (Å²) in [5, 5.41) is 4.03. The molecule has 164 valence electrons. The molecule has 4 aromatic rings. The molecule has 0 aliphatic carbocycles. The number of amides is 1. The van der Waals surface area contributed by atoms with Crippen molar-refractivity contribution < 1.29 is 18.5 Å². The van der Waals surface area contributed by atoms with Gasteiger partial charge in [0.25, 0.3) is 5.91 Å². The van der Waals surface area contributed by atoms with Crippen LogP contribution in [0.15, 0.2) is 81.9 Å². The van der Waals surface area contributed by atoms with E-state index in [1.807, 2.05) is 79.7 Å². The molecule has 0 radical (unpaired) electrons. The number of ether oxygens (including phenoxy) is 1. The maximum Gasteiger partial charge on any atom is 0.276 e. The van der Waals surface area contributed by atoms with Crippen molar-refractivity contribution in [3.63, 3.8) is 0 Å². The van der Waals surface area contributed by atoms with Crippen LogP contribution in [0.1, 0.15) is 21.8 Å². The van der Waals surface area contributed by atoms with Gasteiger partial charge in [0, 0.05) is 38.0 Å². The van der Waals surface area contributed by atoms with Gasteiger partial charge < -0.3 is 23.5 Å². The average Bonchev–Trinajstić information content (AvgIpc) is 3.51. The Morgan fingerprint density at radius 1 is 1.00 bits per heavy atom. The normalized spacial score (nSPS) is 10.7. The minimum Gasteiger partial charge on any atom is -0.497 e. The maximum atomic E-state index is 13.3. The Kier molecular flexibility index (Phi) is 6.26. The Bertz CT molecular complexity index is 1150. The van der Waals surface area contributed by atoms with Crippen LogP contribution in [0.5, 0.6) is 5.75 Å². The Hall–Kier alpha value is -4.00. The highest BCUT2D eigenvalue weighted by molar-refractivity contribution is 5.93. The first kappa shape index (κ1) is 21.2. The fourth-order valence-corrected chi connectivity index (χ4v) is 3.34. The maximum absolute atomic E-state index is 13.3. The fourth-order valence-electron chi connectivity index (χ4n) is 3.34. The lowest BCUT2D eigenvalue weighted by molar-refractivity contribution is 0.0707. The number of methoxy groups -OCH3 is 1. The number of rotatable bonds is 8. The van der Waals surface area contributed by atoms with Crippen molar-refractivity contribution >= 4 is 11.6 Å². The Labute approximate surface area is 186 Å². The predicted octanol–water partition coefficient (Wildman–Crippen LogP) is 4.85. The standard InChI is InChI=1S/C25H25N3O4/c1-27(2)20-10-6-18(7-11-20)16-28(17-22-5-4-14-31-22)25(29)23-15-24(32-26-23)19-8-12-21(30-3)13-9-19/h4-15H,16-17H2,1-3H3. The summed E-state index contributed by atoms with van der Waals surface area (Å²) in [6.45, 7) is 0.740. The summed E-state index contributed by atoms with van der Waals surface area (Å²) < 4.78 is 16.1. The molecule has 0 fully saturated rings. The van der Waals surface area contributed by atoms with Crippen molar-refractivity contribution in [2.24, 2.45) is 0 Å². The average molecular weight is 431 g/mol. The molecule has 0 unspecified atom stereocenters. The van der Waals surface area contributed by atoms with Gasteiger partial charge in [0.05, 0.1) is 19.9 Å². The largest absolute Gasteiger partial charge is 0.497 e. The van der Waals surface area contributed by atoms with E-state index in [0.717, 1.165) is 22.6 Å². The second kappa shape index (κ2) is 9.43. The van der Waals surface area contributed by atoms with Crippen molar-refractivity contribution in [1.29, 1.82) is 0 Å². The van der Waals surface area contributed by atoms with Crippen molar-refractivity contribution in [2.75, 3.05) is 26.1 Å². The molecule has 1 amide bonds. The SMILES string of the molecule is COc1ccc(-c2cc(C(=O)N(Cc3ccc(N(C)C)cc3)Cc3ccco3)no2)cc1. The summed E-state index contributed by atoms with van der Waals surface area (Å²) in [5.74, 6) is 1.72. The van der Waals surface area contributed by atoms with Crippen molar-refractivity contribution in [3.8, 4) is 17.1 Å². The number of carbonyl (C=O) groups excluding carboxylic acids is 1.